The van der Waals surface area contributed by atoms with Gasteiger partial charge in [-0.1, -0.05) is 24.3 Å². The monoisotopic (exact) mass is 508 g/mol. The number of carbonyl (C=O) groups excluding carboxylic acids is 3. The zero-order valence-electron chi connectivity index (χ0n) is 16.8. The van der Waals surface area contributed by atoms with Gasteiger partial charge in [-0.05, 0) is 69.5 Å². The maximum absolute atomic E-state index is 12.9. The Labute approximate surface area is 196 Å². The summed E-state index contributed by atoms with van der Waals surface area (Å²) in [5, 5.41) is 27.0. The Morgan fingerprint density at radius 2 is 1.64 bits per heavy atom. The number of anilines is 1. The van der Waals surface area contributed by atoms with E-state index in [2.05, 4.69) is 26.6 Å². The van der Waals surface area contributed by atoms with Crippen LogP contribution in [0.15, 0.2) is 83.0 Å². The van der Waals surface area contributed by atoms with Gasteiger partial charge in [0.05, 0.1) is 16.5 Å². The molecule has 0 atom stereocenters. The van der Waals surface area contributed by atoms with Crippen molar-refractivity contribution in [3.8, 4) is 0 Å². The van der Waals surface area contributed by atoms with Crippen LogP contribution in [0.25, 0.3) is 6.08 Å². The van der Waals surface area contributed by atoms with Crippen LogP contribution < -0.4 is 15.7 Å². The van der Waals surface area contributed by atoms with Crippen molar-refractivity contribution in [1.82, 2.24) is 5.32 Å². The van der Waals surface area contributed by atoms with E-state index in [0.717, 1.165) is 0 Å². The van der Waals surface area contributed by atoms with Crippen LogP contribution in [0.5, 0.6) is 0 Å². The highest BCUT2D eigenvalue weighted by molar-refractivity contribution is 9.10. The third-order valence-electron chi connectivity index (χ3n) is 4.38. The lowest BCUT2D eigenvalue weighted by Crippen LogP contribution is -2.31. The molecule has 3 rings (SSSR count). The van der Waals surface area contributed by atoms with E-state index in [0.29, 0.717) is 10.0 Å². The van der Waals surface area contributed by atoms with Crippen molar-refractivity contribution in [3.63, 3.8) is 0 Å². The van der Waals surface area contributed by atoms with E-state index in [-0.39, 0.29) is 28.2 Å². The summed E-state index contributed by atoms with van der Waals surface area (Å²) in [6.45, 7) is 0. The minimum Gasteiger partial charge on any atom is -0.545 e. The normalized spacial score (nSPS) is 10.9. The van der Waals surface area contributed by atoms with Crippen LogP contribution in [0.3, 0.4) is 0 Å². The third kappa shape index (κ3) is 6.11. The lowest BCUT2D eigenvalue weighted by atomic mass is 10.1. The summed E-state index contributed by atoms with van der Waals surface area (Å²) in [6.07, 6.45) is 1.34. The molecule has 33 heavy (non-hydrogen) atoms. The number of aromatic carboxylic acids is 1. The quantitative estimate of drug-likeness (QED) is 0.285. The van der Waals surface area contributed by atoms with E-state index >= 15 is 0 Å². The number of rotatable bonds is 7. The molecule has 0 heterocycles. The Balaban J connectivity index is 1.93. The van der Waals surface area contributed by atoms with Crippen molar-refractivity contribution in [2.75, 3.05) is 5.32 Å². The molecule has 0 unspecified atom stereocenters. The van der Waals surface area contributed by atoms with Gasteiger partial charge in [-0.3, -0.25) is 19.7 Å². The van der Waals surface area contributed by atoms with Crippen molar-refractivity contribution in [1.29, 1.82) is 0 Å². The minimum atomic E-state index is -1.41. The zero-order chi connectivity index (χ0) is 24.0. The molecule has 0 aromatic heterocycles. The van der Waals surface area contributed by atoms with Crippen molar-refractivity contribution >= 4 is 51.2 Å². The molecule has 0 saturated carbocycles. The Hall–Kier alpha value is -4.31. The molecule has 166 valence electrons. The van der Waals surface area contributed by atoms with Gasteiger partial charge in [0, 0.05) is 22.3 Å². The summed E-state index contributed by atoms with van der Waals surface area (Å²) in [4.78, 5) is 47.1. The van der Waals surface area contributed by atoms with Crippen molar-refractivity contribution in [2.45, 2.75) is 0 Å². The smallest absolute Gasteiger partial charge is 0.272 e. The number of nitrogens with zero attached hydrogens (tertiary/aromatic N) is 1. The number of hydrogen-bond donors (Lipinski definition) is 2. The van der Waals surface area contributed by atoms with Crippen molar-refractivity contribution < 1.29 is 24.4 Å². The molecule has 0 bridgehead atoms. The van der Waals surface area contributed by atoms with Crippen LogP contribution in [-0.4, -0.2) is 22.7 Å². The number of nitrogens with one attached hydrogen (secondary N) is 2. The highest BCUT2D eigenvalue weighted by Gasteiger charge is 2.17. The fourth-order valence-electron chi connectivity index (χ4n) is 2.77. The Kier molecular flexibility index (Phi) is 7.31. The zero-order valence-corrected chi connectivity index (χ0v) is 18.4. The lowest BCUT2D eigenvalue weighted by Gasteiger charge is -2.13. The van der Waals surface area contributed by atoms with Crippen molar-refractivity contribution in [3.05, 3.63) is 110 Å². The molecule has 2 N–H and O–H groups in total. The number of hydrogen-bond acceptors (Lipinski definition) is 6. The predicted molar refractivity (Wildman–Crippen MR) is 122 cm³/mol. The van der Waals surface area contributed by atoms with E-state index < -0.39 is 22.7 Å². The number of carboxylic acids is 1. The number of amides is 2. The lowest BCUT2D eigenvalue weighted by molar-refractivity contribution is -0.384. The number of halogens is 1. The van der Waals surface area contributed by atoms with Gasteiger partial charge in [0.15, 0.2) is 0 Å². The minimum absolute atomic E-state index is 0.130. The summed E-state index contributed by atoms with van der Waals surface area (Å²) in [7, 11) is 0. The number of carbonyl (C=O) groups is 3. The highest BCUT2D eigenvalue weighted by Crippen LogP contribution is 2.18. The summed E-state index contributed by atoms with van der Waals surface area (Å²) >= 11 is 3.28. The van der Waals surface area contributed by atoms with Gasteiger partial charge in [0.2, 0.25) is 0 Å². The molecule has 2 amide bonds. The average molecular weight is 509 g/mol. The first-order valence-electron chi connectivity index (χ1n) is 9.39. The molecule has 0 fully saturated rings. The molecule has 0 radical (unpaired) electrons. The van der Waals surface area contributed by atoms with E-state index in [1.165, 1.54) is 54.6 Å². The highest BCUT2D eigenvalue weighted by atomic mass is 79.9. The molecule has 3 aromatic carbocycles. The molecule has 0 aliphatic heterocycles. The first kappa shape index (κ1) is 23.4. The number of nitro groups is 1. The van der Waals surface area contributed by atoms with Crippen LogP contribution in [0, 0.1) is 10.1 Å². The second-order valence-corrected chi connectivity index (χ2v) is 7.52. The summed E-state index contributed by atoms with van der Waals surface area (Å²) in [6, 6.07) is 17.4. The number of nitro benzene ring substituents is 1. The summed E-state index contributed by atoms with van der Waals surface area (Å²) < 4.78 is 0.513. The molecule has 9 nitrogen and oxygen atoms in total. The van der Waals surface area contributed by atoms with Crippen LogP contribution in [0.1, 0.15) is 26.3 Å². The van der Waals surface area contributed by atoms with Gasteiger partial charge in [0.25, 0.3) is 17.5 Å². The van der Waals surface area contributed by atoms with Gasteiger partial charge < -0.3 is 20.5 Å². The average Bonchev–Trinajstić information content (AvgIpc) is 2.79. The fourth-order valence-corrected chi connectivity index (χ4v) is 3.24. The van der Waals surface area contributed by atoms with Crippen LogP contribution in [0.4, 0.5) is 11.4 Å². The number of non-ortho nitro benzene ring substituents is 1. The second kappa shape index (κ2) is 10.3. The third-order valence-corrected chi connectivity index (χ3v) is 5.07. The first-order valence-corrected chi connectivity index (χ1v) is 10.2. The standard InChI is InChI=1S/C23H16BrN3O6/c24-19-7-2-1-6-18(19)21(28)26-20(12-14-8-10-17(11-9-14)27(32)33)22(29)25-16-5-3-4-15(13-16)23(30)31/h1-13H,(H,25,29)(H,26,28)(H,30,31)/p-1/b20-12+. The van der Waals surface area contributed by atoms with Gasteiger partial charge in [0.1, 0.15) is 5.70 Å². The van der Waals surface area contributed by atoms with Gasteiger partial charge in [-0.15, -0.1) is 0 Å². The van der Waals surface area contributed by atoms with Gasteiger partial charge in [-0.2, -0.15) is 0 Å². The van der Waals surface area contributed by atoms with E-state index in [1.54, 1.807) is 24.3 Å². The van der Waals surface area contributed by atoms with Crippen LogP contribution >= 0.6 is 15.9 Å². The molecule has 0 aliphatic rings. The van der Waals surface area contributed by atoms with E-state index in [4.69, 9.17) is 0 Å². The summed E-state index contributed by atoms with van der Waals surface area (Å²) in [5.41, 5.74) is 0.441. The molecule has 3 aromatic rings. The maximum Gasteiger partial charge on any atom is 0.272 e. The number of benzene rings is 3. The van der Waals surface area contributed by atoms with Gasteiger partial charge in [-0.25, -0.2) is 0 Å². The summed E-state index contributed by atoms with van der Waals surface area (Å²) in [5.74, 6) is -2.71. The topological polar surface area (TPSA) is 141 Å². The number of carboxylic acid groups (broad SMARTS) is 1. The fraction of sp³-hybridized carbons (Fsp3) is 0. The molecular formula is C23H15BrN3O6-. The first-order chi connectivity index (χ1) is 15.7. The SMILES string of the molecule is O=C(Nc1cccc(C(=O)[O-])c1)/C(=C\c1ccc([N+](=O)[O-])cc1)NC(=O)c1ccccc1Br. The second-order valence-electron chi connectivity index (χ2n) is 6.66. The van der Waals surface area contributed by atoms with Crippen LogP contribution in [0.2, 0.25) is 0 Å². The van der Waals surface area contributed by atoms with Crippen LogP contribution in [-0.2, 0) is 4.79 Å². The molecule has 10 heteroatoms. The molecule has 0 saturated heterocycles. The Bertz CT molecular complexity index is 1270. The predicted octanol–water partition coefficient (Wildman–Crippen LogP) is 3.13. The molecule has 0 spiro atoms. The van der Waals surface area contributed by atoms with Crippen molar-refractivity contribution in [2.24, 2.45) is 0 Å². The molecular weight excluding hydrogens is 494 g/mol. The maximum atomic E-state index is 12.9. The molecule has 0 aliphatic carbocycles. The van der Waals surface area contributed by atoms with E-state index in [9.17, 15) is 29.6 Å². The Morgan fingerprint density at radius 1 is 0.939 bits per heavy atom. The Morgan fingerprint density at radius 3 is 2.27 bits per heavy atom. The van der Waals surface area contributed by atoms with E-state index in [1.807, 2.05) is 0 Å². The largest absolute Gasteiger partial charge is 0.545 e. The van der Waals surface area contributed by atoms with Gasteiger partial charge >= 0.3 is 0 Å².